The van der Waals surface area contributed by atoms with Gasteiger partial charge in [-0.25, -0.2) is 0 Å². The van der Waals surface area contributed by atoms with Gasteiger partial charge in [-0.15, -0.1) is 19.7 Å². The van der Waals surface area contributed by atoms with E-state index in [9.17, 15) is 0 Å². The molecule has 0 aliphatic heterocycles. The normalized spacial score (nSPS) is 13.7. The fraction of sp³-hybridized carbons (Fsp3) is 0.455. The molecule has 208 valence electrons. The standard InChI is InChI=1S/C33H55PSi4/c1-4-22-35-25-14-29-38(30-15-26-36-23-5-2,31-16-27-37-24-6-3)28-13-21-34(32-17-9-7-10-18-32)33-19-11-8-12-20-33/h4-12,17-20H,1-3,13-16,21-31,35-37H2. The predicted molar refractivity (Wildman–Crippen MR) is 192 cm³/mol. The highest BCUT2D eigenvalue weighted by Crippen LogP contribution is 2.39. The second-order valence-electron chi connectivity index (χ2n) is 11.1. The first-order valence-electron chi connectivity index (χ1n) is 15.4. The topological polar surface area (TPSA) is 0 Å². The fourth-order valence-electron chi connectivity index (χ4n) is 5.88. The smallest absolute Gasteiger partial charge is 0.0535 e. The second kappa shape index (κ2) is 21.7. The van der Waals surface area contributed by atoms with Gasteiger partial charge in [0.05, 0.1) is 8.07 Å². The minimum Gasteiger partial charge on any atom is -0.103 e. The van der Waals surface area contributed by atoms with E-state index in [-0.39, 0.29) is 36.5 Å². The van der Waals surface area contributed by atoms with Gasteiger partial charge in [-0.3, -0.25) is 0 Å². The molecule has 5 heteroatoms. The van der Waals surface area contributed by atoms with E-state index in [4.69, 9.17) is 0 Å². The fourth-order valence-corrected chi connectivity index (χ4v) is 19.0. The summed E-state index contributed by atoms with van der Waals surface area (Å²) in [7, 11) is -1.27. The van der Waals surface area contributed by atoms with Crippen molar-refractivity contribution in [3.63, 3.8) is 0 Å². The summed E-state index contributed by atoms with van der Waals surface area (Å²) >= 11 is 0. The van der Waals surface area contributed by atoms with Crippen molar-refractivity contribution in [2.24, 2.45) is 0 Å². The van der Waals surface area contributed by atoms with Crippen LogP contribution in [0.15, 0.2) is 98.6 Å². The second-order valence-corrected chi connectivity index (χ2v) is 24.4. The van der Waals surface area contributed by atoms with Crippen molar-refractivity contribution in [1.82, 2.24) is 0 Å². The van der Waals surface area contributed by atoms with Gasteiger partial charge in [0, 0.05) is 28.6 Å². The molecule has 0 spiro atoms. The molecule has 0 bridgehead atoms. The Morgan fingerprint density at radius 3 is 1.29 bits per heavy atom. The molecule has 0 aliphatic carbocycles. The molecule has 0 aliphatic rings. The summed E-state index contributed by atoms with van der Waals surface area (Å²) in [4.78, 5) is 0. The lowest BCUT2D eigenvalue weighted by molar-refractivity contribution is 0.877. The zero-order valence-electron chi connectivity index (χ0n) is 24.3. The van der Waals surface area contributed by atoms with Gasteiger partial charge < -0.3 is 0 Å². The Morgan fingerprint density at radius 2 is 0.921 bits per heavy atom. The summed E-state index contributed by atoms with van der Waals surface area (Å²) in [6.45, 7) is 11.9. The average molecular weight is 595 g/mol. The lowest BCUT2D eigenvalue weighted by Gasteiger charge is -2.33. The molecule has 0 saturated heterocycles. The molecule has 0 aromatic heterocycles. The zero-order valence-corrected chi connectivity index (χ0v) is 30.4. The molecule has 38 heavy (non-hydrogen) atoms. The highest BCUT2D eigenvalue weighted by molar-refractivity contribution is 7.73. The Kier molecular flexibility index (Phi) is 19.0. The van der Waals surface area contributed by atoms with Crippen LogP contribution >= 0.6 is 7.92 Å². The van der Waals surface area contributed by atoms with Gasteiger partial charge in [0.2, 0.25) is 0 Å². The maximum absolute atomic E-state index is 3.98. The molecule has 0 heterocycles. The molecular formula is C33H55PSi4. The van der Waals surface area contributed by atoms with Crippen molar-refractivity contribution in [3.8, 4) is 0 Å². The lowest BCUT2D eigenvalue weighted by Crippen LogP contribution is -2.34. The van der Waals surface area contributed by atoms with E-state index < -0.39 is 8.07 Å². The summed E-state index contributed by atoms with van der Waals surface area (Å²) in [5, 5.41) is 3.12. The Morgan fingerprint density at radius 1 is 0.553 bits per heavy atom. The first-order chi connectivity index (χ1) is 18.7. The van der Waals surface area contributed by atoms with E-state index in [1.807, 2.05) is 0 Å². The summed E-state index contributed by atoms with van der Waals surface area (Å²) in [5.41, 5.74) is 0. The summed E-state index contributed by atoms with van der Waals surface area (Å²) < 4.78 is 0. The van der Waals surface area contributed by atoms with Crippen LogP contribution in [0.25, 0.3) is 0 Å². The molecule has 0 N–H and O–H groups in total. The van der Waals surface area contributed by atoms with Crippen molar-refractivity contribution in [2.75, 3.05) is 6.16 Å². The third-order valence-corrected chi connectivity index (χ3v) is 21.8. The van der Waals surface area contributed by atoms with Gasteiger partial charge in [-0.05, 0) is 42.8 Å². The molecule has 0 fully saturated rings. The molecule has 0 nitrogen and oxygen atoms in total. The minimum absolute atomic E-state index is 0.0782. The Labute approximate surface area is 245 Å². The van der Waals surface area contributed by atoms with E-state index in [1.165, 1.54) is 68.1 Å². The SMILES string of the molecule is C=CC[SiH2]CCC[Si](CCC[SiH2]CC=C)(CCC[SiH2]CC=C)CCCP(c1ccccc1)c1ccccc1. The van der Waals surface area contributed by atoms with Gasteiger partial charge in [0.1, 0.15) is 0 Å². The first kappa shape index (κ1) is 33.2. The van der Waals surface area contributed by atoms with Gasteiger partial charge in [0.25, 0.3) is 0 Å². The molecule has 0 amide bonds. The van der Waals surface area contributed by atoms with E-state index in [1.54, 1.807) is 34.8 Å². The van der Waals surface area contributed by atoms with Crippen LogP contribution in [0.4, 0.5) is 0 Å². The number of hydrogen-bond acceptors (Lipinski definition) is 0. The van der Waals surface area contributed by atoms with Crippen LogP contribution in [0, 0.1) is 0 Å². The molecule has 0 saturated carbocycles. The van der Waals surface area contributed by atoms with Gasteiger partial charge in [-0.2, -0.15) is 0 Å². The first-order valence-corrected chi connectivity index (χ1v) is 25.8. The Hall–Kier alpha value is -1.04. The number of allylic oxidation sites excluding steroid dienone is 3. The van der Waals surface area contributed by atoms with Crippen molar-refractivity contribution < 1.29 is 0 Å². The van der Waals surface area contributed by atoms with Crippen molar-refractivity contribution >= 4 is 55.2 Å². The molecule has 0 atom stereocenters. The van der Waals surface area contributed by atoms with Crippen LogP contribution in [-0.4, -0.2) is 42.8 Å². The maximum Gasteiger partial charge on any atom is 0.0535 e. The van der Waals surface area contributed by atoms with Crippen molar-refractivity contribution in [3.05, 3.63) is 98.6 Å². The van der Waals surface area contributed by atoms with Gasteiger partial charge >= 0.3 is 0 Å². The zero-order chi connectivity index (χ0) is 27.2. The van der Waals surface area contributed by atoms with Crippen LogP contribution in [0.2, 0.25) is 60.4 Å². The Bertz CT molecular complexity index is 786. The highest BCUT2D eigenvalue weighted by Gasteiger charge is 2.31. The van der Waals surface area contributed by atoms with Crippen molar-refractivity contribution in [1.29, 1.82) is 0 Å². The van der Waals surface area contributed by atoms with Gasteiger partial charge in [0.15, 0.2) is 0 Å². The average Bonchev–Trinajstić information content (AvgIpc) is 2.96. The largest absolute Gasteiger partial charge is 0.103 e. The van der Waals surface area contributed by atoms with E-state index in [0.29, 0.717) is 0 Å². The minimum atomic E-state index is -1.25. The third-order valence-electron chi connectivity index (χ3n) is 8.07. The third kappa shape index (κ3) is 13.8. The van der Waals surface area contributed by atoms with E-state index in [2.05, 4.69) is 98.6 Å². The number of benzene rings is 2. The quantitative estimate of drug-likeness (QED) is 0.0506. The van der Waals surface area contributed by atoms with Crippen LogP contribution in [0.3, 0.4) is 0 Å². The molecule has 0 unspecified atom stereocenters. The number of rotatable bonds is 24. The predicted octanol–water partition coefficient (Wildman–Crippen LogP) is 7.70. The number of hydrogen-bond donors (Lipinski definition) is 0. The monoisotopic (exact) mass is 594 g/mol. The lowest BCUT2D eigenvalue weighted by atomic mass is 10.4. The van der Waals surface area contributed by atoms with E-state index >= 15 is 0 Å². The maximum atomic E-state index is 3.98. The molecule has 2 aromatic carbocycles. The summed E-state index contributed by atoms with van der Waals surface area (Å²) in [5.74, 6) is 0. The van der Waals surface area contributed by atoms with Crippen LogP contribution in [0.5, 0.6) is 0 Å². The van der Waals surface area contributed by atoms with Crippen LogP contribution in [-0.2, 0) is 0 Å². The summed E-state index contributed by atoms with van der Waals surface area (Å²) in [6, 6.07) is 37.8. The van der Waals surface area contributed by atoms with Crippen molar-refractivity contribution in [2.45, 2.75) is 86.1 Å². The molecule has 2 aromatic rings. The van der Waals surface area contributed by atoms with E-state index in [0.717, 1.165) is 0 Å². The molecule has 0 radical (unpaired) electrons. The Balaban J connectivity index is 2.13. The molecular weight excluding hydrogens is 540 g/mol. The summed E-state index contributed by atoms with van der Waals surface area (Å²) in [6.07, 6.45) is 13.9. The van der Waals surface area contributed by atoms with Crippen LogP contribution < -0.4 is 10.6 Å². The molecule has 2 rings (SSSR count). The highest BCUT2D eigenvalue weighted by atomic mass is 31.1. The van der Waals surface area contributed by atoms with Gasteiger partial charge in [-0.1, -0.05) is 147 Å². The van der Waals surface area contributed by atoms with Crippen LogP contribution in [0.1, 0.15) is 25.7 Å².